The maximum Gasteiger partial charge on any atom is 0.259 e. The van der Waals surface area contributed by atoms with Gasteiger partial charge in [0.25, 0.3) is 5.91 Å². The quantitative estimate of drug-likeness (QED) is 0.549. The molecule has 2 aromatic rings. The lowest BCUT2D eigenvalue weighted by molar-refractivity contribution is -0.110. The highest BCUT2D eigenvalue weighted by atomic mass is 127. The van der Waals surface area contributed by atoms with E-state index in [0.29, 0.717) is 11.4 Å². The first-order valence-electron chi connectivity index (χ1n) is 5.83. The highest BCUT2D eigenvalue weighted by Gasteiger charge is 2.25. The van der Waals surface area contributed by atoms with Crippen molar-refractivity contribution in [2.24, 2.45) is 0 Å². The fourth-order valence-corrected chi connectivity index (χ4v) is 2.58. The number of benzene rings is 1. The van der Waals surface area contributed by atoms with Gasteiger partial charge in [-0.3, -0.25) is 4.79 Å². The van der Waals surface area contributed by atoms with Crippen LogP contribution in [-0.4, -0.2) is 10.9 Å². The number of nitrogens with zero attached hydrogens (tertiary/aromatic N) is 1. The van der Waals surface area contributed by atoms with Crippen molar-refractivity contribution in [3.8, 4) is 0 Å². The predicted octanol–water partition coefficient (Wildman–Crippen LogP) is 3.85. The molecular formula is C14H9BrIN3O. The lowest BCUT2D eigenvalue weighted by Crippen LogP contribution is -2.05. The van der Waals surface area contributed by atoms with Gasteiger partial charge in [-0.1, -0.05) is 0 Å². The molecule has 2 heterocycles. The third-order valence-electron chi connectivity index (χ3n) is 2.85. The van der Waals surface area contributed by atoms with Crippen molar-refractivity contribution in [2.45, 2.75) is 0 Å². The Bertz CT molecular complexity index is 713. The first kappa shape index (κ1) is 13.6. The van der Waals surface area contributed by atoms with Crippen LogP contribution in [0.2, 0.25) is 0 Å². The molecule has 1 aromatic carbocycles. The molecule has 1 aliphatic rings. The molecule has 1 aromatic heterocycles. The molecule has 4 nitrogen and oxygen atoms in total. The molecule has 0 radical (unpaired) electrons. The Morgan fingerprint density at radius 2 is 2.05 bits per heavy atom. The Balaban J connectivity index is 1.90. The molecule has 20 heavy (non-hydrogen) atoms. The summed E-state index contributed by atoms with van der Waals surface area (Å²) in [7, 11) is 0. The Morgan fingerprint density at radius 3 is 2.80 bits per heavy atom. The summed E-state index contributed by atoms with van der Waals surface area (Å²) in [5, 5.41) is 5.87. The molecular weight excluding hydrogens is 433 g/mol. The van der Waals surface area contributed by atoms with E-state index in [0.717, 1.165) is 19.3 Å². The predicted molar refractivity (Wildman–Crippen MR) is 91.3 cm³/mol. The highest BCUT2D eigenvalue weighted by molar-refractivity contribution is 14.1. The van der Waals surface area contributed by atoms with E-state index in [2.05, 4.69) is 54.1 Å². The molecule has 0 atom stereocenters. The number of anilines is 2. The molecule has 6 heteroatoms. The van der Waals surface area contributed by atoms with Crippen LogP contribution < -0.4 is 10.6 Å². The van der Waals surface area contributed by atoms with Gasteiger partial charge in [-0.2, -0.15) is 0 Å². The number of nitrogens with one attached hydrogen (secondary N) is 2. The largest absolute Gasteiger partial charge is 0.361 e. The lowest BCUT2D eigenvalue weighted by Gasteiger charge is -2.02. The van der Waals surface area contributed by atoms with Gasteiger partial charge in [0, 0.05) is 31.7 Å². The summed E-state index contributed by atoms with van der Waals surface area (Å²) in [6.07, 6.45) is 3.37. The second-order valence-corrected chi connectivity index (χ2v) is 6.37. The van der Waals surface area contributed by atoms with Crippen LogP contribution in [0.1, 0.15) is 5.56 Å². The van der Waals surface area contributed by atoms with Gasteiger partial charge >= 0.3 is 0 Å². The Morgan fingerprint density at radius 1 is 1.30 bits per heavy atom. The maximum atomic E-state index is 11.9. The zero-order valence-electron chi connectivity index (χ0n) is 10.2. The van der Waals surface area contributed by atoms with Crippen LogP contribution in [0, 0.1) is 3.57 Å². The van der Waals surface area contributed by atoms with Gasteiger partial charge in [-0.05, 0) is 68.9 Å². The Kier molecular flexibility index (Phi) is 3.75. The first-order chi connectivity index (χ1) is 9.63. The number of aromatic nitrogens is 1. The molecule has 2 N–H and O–H groups in total. The summed E-state index contributed by atoms with van der Waals surface area (Å²) >= 11 is 5.62. The van der Waals surface area contributed by atoms with Gasteiger partial charge in [0.1, 0.15) is 5.82 Å². The van der Waals surface area contributed by atoms with E-state index in [1.54, 1.807) is 12.4 Å². The van der Waals surface area contributed by atoms with Crippen LogP contribution in [0.5, 0.6) is 0 Å². The number of halogens is 2. The maximum absolute atomic E-state index is 11.9. The third-order valence-corrected chi connectivity index (χ3v) is 4.00. The van der Waals surface area contributed by atoms with Crippen molar-refractivity contribution in [3.63, 3.8) is 0 Å². The monoisotopic (exact) mass is 441 g/mol. The fourth-order valence-electron chi connectivity index (χ4n) is 1.89. The van der Waals surface area contributed by atoms with Crippen molar-refractivity contribution in [1.82, 2.24) is 4.98 Å². The van der Waals surface area contributed by atoms with E-state index in [1.807, 2.05) is 30.3 Å². The molecule has 1 aliphatic heterocycles. The second-order valence-electron chi connectivity index (χ2n) is 4.21. The molecule has 1 amide bonds. The van der Waals surface area contributed by atoms with Crippen molar-refractivity contribution in [3.05, 3.63) is 56.3 Å². The number of hydrogen-bond donors (Lipinski definition) is 2. The molecule has 0 saturated carbocycles. The Labute approximate surface area is 137 Å². The van der Waals surface area contributed by atoms with Crippen LogP contribution in [0.15, 0.2) is 47.2 Å². The summed E-state index contributed by atoms with van der Waals surface area (Å²) < 4.78 is 2.01. The SMILES string of the molecule is O=C1Nc2ncc(Br)cc2/C1=C/Nc1ccc(I)cc1. The van der Waals surface area contributed by atoms with Gasteiger partial charge in [0.15, 0.2) is 0 Å². The normalized spacial score (nSPS) is 15.1. The molecule has 3 rings (SSSR count). The van der Waals surface area contributed by atoms with Gasteiger partial charge in [0.2, 0.25) is 0 Å². The van der Waals surface area contributed by atoms with E-state index in [9.17, 15) is 4.79 Å². The summed E-state index contributed by atoms with van der Waals surface area (Å²) in [5.41, 5.74) is 2.30. The van der Waals surface area contributed by atoms with Crippen molar-refractivity contribution in [1.29, 1.82) is 0 Å². The lowest BCUT2D eigenvalue weighted by atomic mass is 10.1. The number of carbonyl (C=O) groups is 1. The van der Waals surface area contributed by atoms with Crippen molar-refractivity contribution >= 4 is 61.5 Å². The topological polar surface area (TPSA) is 54.0 Å². The molecule has 100 valence electrons. The average Bonchev–Trinajstić information content (AvgIpc) is 2.73. The number of pyridine rings is 1. The van der Waals surface area contributed by atoms with Crippen LogP contribution in [0.25, 0.3) is 5.57 Å². The fraction of sp³-hybridized carbons (Fsp3) is 0. The third kappa shape index (κ3) is 2.71. The minimum atomic E-state index is -0.149. The van der Waals surface area contributed by atoms with Crippen LogP contribution in [0.4, 0.5) is 11.5 Å². The van der Waals surface area contributed by atoms with E-state index in [-0.39, 0.29) is 5.91 Å². The molecule has 0 saturated heterocycles. The first-order valence-corrected chi connectivity index (χ1v) is 7.70. The summed E-state index contributed by atoms with van der Waals surface area (Å²) in [5.74, 6) is 0.442. The highest BCUT2D eigenvalue weighted by Crippen LogP contribution is 2.31. The van der Waals surface area contributed by atoms with Gasteiger partial charge in [-0.25, -0.2) is 4.98 Å². The zero-order chi connectivity index (χ0) is 14.1. The number of rotatable bonds is 2. The number of amides is 1. The van der Waals surface area contributed by atoms with E-state index in [4.69, 9.17) is 0 Å². The average molecular weight is 442 g/mol. The summed E-state index contributed by atoms with van der Waals surface area (Å²) in [6.45, 7) is 0. The van der Waals surface area contributed by atoms with E-state index >= 15 is 0 Å². The smallest absolute Gasteiger partial charge is 0.259 e. The standard InChI is InChI=1S/C14H9BrIN3O/c15-8-5-11-12(14(20)19-13(11)18-6-8)7-17-10-3-1-9(16)2-4-10/h1-7,17H,(H,18,19,20)/b12-7-. The Hall–Kier alpha value is -1.41. The van der Waals surface area contributed by atoms with Crippen LogP contribution in [-0.2, 0) is 4.79 Å². The second kappa shape index (κ2) is 5.53. The molecule has 0 bridgehead atoms. The minimum absolute atomic E-state index is 0.149. The van der Waals surface area contributed by atoms with Gasteiger partial charge in [0.05, 0.1) is 5.57 Å². The number of carbonyl (C=O) groups excluding carboxylic acids is 1. The van der Waals surface area contributed by atoms with Gasteiger partial charge in [-0.15, -0.1) is 0 Å². The van der Waals surface area contributed by atoms with Crippen LogP contribution >= 0.6 is 38.5 Å². The van der Waals surface area contributed by atoms with Crippen molar-refractivity contribution < 1.29 is 4.79 Å². The number of fused-ring (bicyclic) bond motifs is 1. The molecule has 0 aliphatic carbocycles. The van der Waals surface area contributed by atoms with Gasteiger partial charge < -0.3 is 10.6 Å². The minimum Gasteiger partial charge on any atom is -0.361 e. The van der Waals surface area contributed by atoms with E-state index in [1.165, 1.54) is 0 Å². The zero-order valence-corrected chi connectivity index (χ0v) is 13.9. The molecule has 0 fully saturated rings. The number of hydrogen-bond acceptors (Lipinski definition) is 3. The summed E-state index contributed by atoms with van der Waals surface area (Å²) in [4.78, 5) is 16.1. The molecule has 0 unspecified atom stereocenters. The molecule has 0 spiro atoms. The van der Waals surface area contributed by atoms with E-state index < -0.39 is 0 Å². The van der Waals surface area contributed by atoms with Crippen molar-refractivity contribution in [2.75, 3.05) is 10.6 Å². The van der Waals surface area contributed by atoms with Crippen LogP contribution in [0.3, 0.4) is 0 Å². The summed E-state index contributed by atoms with van der Waals surface area (Å²) in [6, 6.07) is 9.81.